The van der Waals surface area contributed by atoms with Gasteiger partial charge in [-0.1, -0.05) is 64.6 Å². The van der Waals surface area contributed by atoms with Crippen LogP contribution in [0.5, 0.6) is 0 Å². The molecule has 4 nitrogen and oxygen atoms in total. The summed E-state index contributed by atoms with van der Waals surface area (Å²) in [5.74, 6) is -0.386. The van der Waals surface area contributed by atoms with E-state index in [2.05, 4.69) is 10.3 Å². The number of rotatable bonds is 3. The fraction of sp³-hybridized carbons (Fsp3) is 0.0476. The third-order valence-electron chi connectivity index (χ3n) is 4.41. The number of amides is 1. The summed E-state index contributed by atoms with van der Waals surface area (Å²) in [6.07, 6.45) is 0. The first kappa shape index (κ1) is 20.0. The number of benzene rings is 2. The molecule has 8 heteroatoms. The van der Waals surface area contributed by atoms with Crippen molar-refractivity contribution >= 4 is 73.6 Å². The third kappa shape index (κ3) is 3.91. The van der Waals surface area contributed by atoms with Crippen molar-refractivity contribution in [2.45, 2.75) is 6.92 Å². The molecule has 29 heavy (non-hydrogen) atoms. The van der Waals surface area contributed by atoms with Crippen LogP contribution >= 0.6 is 46.1 Å². The maximum absolute atomic E-state index is 12.8. The lowest BCUT2D eigenvalue weighted by molar-refractivity contribution is 0.103. The zero-order valence-electron chi connectivity index (χ0n) is 15.1. The number of pyridine rings is 1. The van der Waals surface area contributed by atoms with Crippen molar-refractivity contribution in [2.75, 3.05) is 11.1 Å². The summed E-state index contributed by atoms with van der Waals surface area (Å²) in [6, 6.07) is 14.8. The first-order valence-electron chi connectivity index (χ1n) is 8.55. The van der Waals surface area contributed by atoms with Crippen molar-refractivity contribution in [3.8, 4) is 11.3 Å². The van der Waals surface area contributed by atoms with Gasteiger partial charge in [-0.3, -0.25) is 4.79 Å². The van der Waals surface area contributed by atoms with Crippen LogP contribution in [-0.4, -0.2) is 10.9 Å². The molecule has 0 unspecified atom stereocenters. The first-order chi connectivity index (χ1) is 13.8. The number of nitrogens with two attached hydrogens (primary N) is 1. The van der Waals surface area contributed by atoms with Gasteiger partial charge >= 0.3 is 0 Å². The molecule has 0 aliphatic rings. The number of halogens is 3. The van der Waals surface area contributed by atoms with Gasteiger partial charge in [0, 0.05) is 10.9 Å². The standard InChI is InChI=1S/C21H14Cl3N3OS/c1-10-2-4-11(5-3-10)16-7-6-12-18(25)19(29-21(12)27-16)20(28)26-17-9-14(23)13(22)8-15(17)24/h2-9H,25H2,1H3,(H,26,28). The number of nitrogens with one attached hydrogen (secondary N) is 1. The molecule has 2 aromatic heterocycles. The van der Waals surface area contributed by atoms with Gasteiger partial charge < -0.3 is 11.1 Å². The Morgan fingerprint density at radius 3 is 2.41 bits per heavy atom. The number of aromatic nitrogens is 1. The molecule has 0 aliphatic carbocycles. The van der Waals surface area contributed by atoms with Gasteiger partial charge in [0.15, 0.2) is 0 Å². The number of carbonyl (C=O) groups excluding carboxylic acids is 1. The number of anilines is 2. The minimum Gasteiger partial charge on any atom is -0.397 e. The fourth-order valence-electron chi connectivity index (χ4n) is 2.85. The van der Waals surface area contributed by atoms with Crippen LogP contribution in [0.3, 0.4) is 0 Å². The van der Waals surface area contributed by atoms with Crippen molar-refractivity contribution in [3.63, 3.8) is 0 Å². The Kier molecular flexibility index (Phi) is 5.40. The minimum absolute atomic E-state index is 0.284. The summed E-state index contributed by atoms with van der Waals surface area (Å²) in [6.45, 7) is 2.03. The molecule has 0 atom stereocenters. The molecule has 0 fully saturated rings. The number of nitrogen functional groups attached to an aromatic ring is 1. The third-order valence-corrected chi connectivity index (χ3v) is 6.55. The van der Waals surface area contributed by atoms with Crippen molar-refractivity contribution in [3.05, 3.63) is 74.0 Å². The number of hydrogen-bond acceptors (Lipinski definition) is 4. The van der Waals surface area contributed by atoms with E-state index in [9.17, 15) is 4.79 Å². The predicted molar refractivity (Wildman–Crippen MR) is 124 cm³/mol. The quantitative estimate of drug-likeness (QED) is 0.320. The molecule has 146 valence electrons. The molecule has 4 rings (SSSR count). The Balaban J connectivity index is 1.69. The van der Waals surface area contributed by atoms with Crippen LogP contribution in [0, 0.1) is 6.92 Å². The lowest BCUT2D eigenvalue weighted by Gasteiger charge is -2.08. The van der Waals surface area contributed by atoms with Gasteiger partial charge in [-0.25, -0.2) is 4.98 Å². The van der Waals surface area contributed by atoms with E-state index >= 15 is 0 Å². The largest absolute Gasteiger partial charge is 0.397 e. The Bertz CT molecular complexity index is 1250. The average molecular weight is 463 g/mol. The van der Waals surface area contributed by atoms with E-state index < -0.39 is 0 Å². The van der Waals surface area contributed by atoms with Crippen LogP contribution in [-0.2, 0) is 0 Å². The second kappa shape index (κ2) is 7.84. The lowest BCUT2D eigenvalue weighted by atomic mass is 10.1. The molecule has 2 aromatic carbocycles. The van der Waals surface area contributed by atoms with Crippen molar-refractivity contribution in [1.82, 2.24) is 4.98 Å². The van der Waals surface area contributed by atoms with Crippen molar-refractivity contribution < 1.29 is 4.79 Å². The predicted octanol–water partition coefficient (Wildman–Crippen LogP) is 7.07. The molecule has 0 spiro atoms. The Labute approximate surface area is 186 Å². The zero-order valence-corrected chi connectivity index (χ0v) is 18.2. The number of aryl methyl sites for hydroxylation is 1. The van der Waals surface area contributed by atoms with E-state index in [0.29, 0.717) is 31.1 Å². The zero-order chi connectivity index (χ0) is 20.7. The first-order valence-corrected chi connectivity index (χ1v) is 10.5. The van der Waals surface area contributed by atoms with Gasteiger partial charge in [-0.2, -0.15) is 0 Å². The number of fused-ring (bicyclic) bond motifs is 1. The molecule has 0 aliphatic heterocycles. The van der Waals surface area contributed by atoms with E-state index in [1.165, 1.54) is 29.0 Å². The summed E-state index contributed by atoms with van der Waals surface area (Å²) in [5.41, 5.74) is 9.95. The van der Waals surface area contributed by atoms with Crippen molar-refractivity contribution in [2.24, 2.45) is 0 Å². The summed E-state index contributed by atoms with van der Waals surface area (Å²) in [7, 11) is 0. The summed E-state index contributed by atoms with van der Waals surface area (Å²) in [5, 5.41) is 4.36. The van der Waals surface area contributed by atoms with Crippen LogP contribution < -0.4 is 11.1 Å². The molecular formula is C21H14Cl3N3OS. The van der Waals surface area contributed by atoms with Gasteiger partial charge in [0.1, 0.15) is 9.71 Å². The van der Waals surface area contributed by atoms with E-state index in [1.54, 1.807) is 0 Å². The maximum Gasteiger partial charge on any atom is 0.267 e. The van der Waals surface area contributed by atoms with Gasteiger partial charge in [0.2, 0.25) is 0 Å². The molecule has 1 amide bonds. The van der Waals surface area contributed by atoms with E-state index in [1.807, 2.05) is 43.3 Å². The van der Waals surface area contributed by atoms with Gasteiger partial charge in [0.05, 0.1) is 32.1 Å². The summed E-state index contributed by atoms with van der Waals surface area (Å²) in [4.78, 5) is 18.5. The number of nitrogens with zero attached hydrogens (tertiary/aromatic N) is 1. The summed E-state index contributed by atoms with van der Waals surface area (Å²) < 4.78 is 0. The van der Waals surface area contributed by atoms with E-state index in [4.69, 9.17) is 40.5 Å². The Hall–Kier alpha value is -2.31. The van der Waals surface area contributed by atoms with Crippen LogP contribution in [0.4, 0.5) is 11.4 Å². The molecular weight excluding hydrogens is 449 g/mol. The highest BCUT2D eigenvalue weighted by Gasteiger charge is 2.19. The lowest BCUT2D eigenvalue weighted by Crippen LogP contribution is -2.12. The average Bonchev–Trinajstić information content (AvgIpc) is 3.03. The molecule has 0 radical (unpaired) electrons. The number of thiophene rings is 1. The van der Waals surface area contributed by atoms with Crippen LogP contribution in [0.2, 0.25) is 15.1 Å². The van der Waals surface area contributed by atoms with Gasteiger partial charge in [-0.05, 0) is 31.2 Å². The highest BCUT2D eigenvalue weighted by molar-refractivity contribution is 7.21. The monoisotopic (exact) mass is 461 g/mol. The van der Waals surface area contributed by atoms with Crippen LogP contribution in [0.15, 0.2) is 48.5 Å². The molecule has 4 aromatic rings. The second-order valence-electron chi connectivity index (χ2n) is 6.46. The fourth-order valence-corrected chi connectivity index (χ4v) is 4.43. The maximum atomic E-state index is 12.8. The molecule has 2 heterocycles. The van der Waals surface area contributed by atoms with E-state index in [-0.39, 0.29) is 10.9 Å². The molecule has 0 bridgehead atoms. The topological polar surface area (TPSA) is 68.0 Å². The molecule has 0 saturated heterocycles. The molecule has 3 N–H and O–H groups in total. The molecule has 0 saturated carbocycles. The second-order valence-corrected chi connectivity index (χ2v) is 8.68. The highest BCUT2D eigenvalue weighted by atomic mass is 35.5. The Morgan fingerprint density at radius 1 is 1.00 bits per heavy atom. The smallest absolute Gasteiger partial charge is 0.267 e. The van der Waals surface area contributed by atoms with Crippen LogP contribution in [0.25, 0.3) is 21.5 Å². The SMILES string of the molecule is Cc1ccc(-c2ccc3c(N)c(C(=O)Nc4cc(Cl)c(Cl)cc4Cl)sc3n2)cc1. The van der Waals surface area contributed by atoms with Gasteiger partial charge in [-0.15, -0.1) is 11.3 Å². The minimum atomic E-state index is -0.386. The normalized spacial score (nSPS) is 11.0. The van der Waals surface area contributed by atoms with E-state index in [0.717, 1.165) is 16.6 Å². The van der Waals surface area contributed by atoms with Gasteiger partial charge in [0.25, 0.3) is 5.91 Å². The number of hydrogen-bond donors (Lipinski definition) is 2. The highest BCUT2D eigenvalue weighted by Crippen LogP contribution is 2.36. The van der Waals surface area contributed by atoms with Crippen LogP contribution in [0.1, 0.15) is 15.2 Å². The number of carbonyl (C=O) groups is 1. The Morgan fingerprint density at radius 2 is 1.69 bits per heavy atom. The summed E-state index contributed by atoms with van der Waals surface area (Å²) >= 11 is 19.3. The van der Waals surface area contributed by atoms with Crippen molar-refractivity contribution in [1.29, 1.82) is 0 Å².